The van der Waals surface area contributed by atoms with Crippen LogP contribution in [0.1, 0.15) is 25.7 Å². The smallest absolute Gasteiger partial charge is 0.230 e. The van der Waals surface area contributed by atoms with Gasteiger partial charge in [0.05, 0.1) is 24.5 Å². The summed E-state index contributed by atoms with van der Waals surface area (Å²) >= 11 is 1.35. The Hall–Kier alpha value is -1.19. The van der Waals surface area contributed by atoms with E-state index in [1.807, 2.05) is 0 Å². The molecular weight excluding hydrogens is 306 g/mol. The molecule has 9 heteroatoms. The molecule has 1 amide bonds. The first kappa shape index (κ1) is 15.7. The number of nitrogens with zero attached hydrogens (tertiary/aromatic N) is 4. The second kappa shape index (κ2) is 7.89. The maximum absolute atomic E-state index is 11.9. The van der Waals surface area contributed by atoms with E-state index in [0.717, 1.165) is 38.9 Å². The molecule has 1 aromatic rings. The van der Waals surface area contributed by atoms with E-state index in [-0.39, 0.29) is 18.1 Å². The highest BCUT2D eigenvalue weighted by atomic mass is 32.2. The predicted octanol–water partition coefficient (Wildman–Crippen LogP) is 0.239. The van der Waals surface area contributed by atoms with Gasteiger partial charge in [0.1, 0.15) is 0 Å². The van der Waals surface area contributed by atoms with Crippen molar-refractivity contribution in [3.63, 3.8) is 0 Å². The van der Waals surface area contributed by atoms with Crippen molar-refractivity contribution < 1.29 is 14.3 Å². The van der Waals surface area contributed by atoms with E-state index < -0.39 is 0 Å². The largest absolute Gasteiger partial charge is 0.376 e. The van der Waals surface area contributed by atoms with Gasteiger partial charge in [0.15, 0.2) is 0 Å². The number of aromatic nitrogens is 4. The van der Waals surface area contributed by atoms with Crippen LogP contribution < -0.4 is 5.32 Å². The molecule has 2 fully saturated rings. The topological polar surface area (TPSA) is 91.2 Å². The molecule has 1 N–H and O–H groups in total. The monoisotopic (exact) mass is 327 g/mol. The van der Waals surface area contributed by atoms with Gasteiger partial charge in [-0.05, 0) is 36.1 Å². The van der Waals surface area contributed by atoms with Crippen molar-refractivity contribution in [2.24, 2.45) is 0 Å². The number of tetrazole rings is 1. The Morgan fingerprint density at radius 1 is 1.27 bits per heavy atom. The molecule has 0 bridgehead atoms. The maximum atomic E-state index is 11.9. The summed E-state index contributed by atoms with van der Waals surface area (Å²) in [5, 5.41) is 15.2. The lowest BCUT2D eigenvalue weighted by atomic mass is 10.2. The molecule has 3 rings (SSSR count). The van der Waals surface area contributed by atoms with Gasteiger partial charge in [0.2, 0.25) is 11.1 Å². The molecule has 2 aliphatic heterocycles. The van der Waals surface area contributed by atoms with E-state index in [0.29, 0.717) is 24.0 Å². The maximum Gasteiger partial charge on any atom is 0.230 e. The van der Waals surface area contributed by atoms with E-state index in [1.165, 1.54) is 11.8 Å². The Morgan fingerprint density at radius 3 is 2.77 bits per heavy atom. The molecule has 2 aliphatic rings. The van der Waals surface area contributed by atoms with Crippen LogP contribution in [0.2, 0.25) is 0 Å². The first-order valence-corrected chi connectivity index (χ1v) is 8.68. The molecule has 2 saturated heterocycles. The third-order valence-electron chi connectivity index (χ3n) is 3.78. The number of thioether (sulfide) groups is 1. The van der Waals surface area contributed by atoms with Crippen LogP contribution in [0.3, 0.4) is 0 Å². The molecule has 22 heavy (non-hydrogen) atoms. The van der Waals surface area contributed by atoms with Gasteiger partial charge in [-0.25, -0.2) is 4.68 Å². The molecule has 3 heterocycles. The van der Waals surface area contributed by atoms with Gasteiger partial charge in [-0.3, -0.25) is 4.79 Å². The molecule has 122 valence electrons. The Labute approximate surface area is 133 Å². The molecule has 0 saturated carbocycles. The Kier molecular flexibility index (Phi) is 5.63. The zero-order valence-corrected chi connectivity index (χ0v) is 13.3. The first-order valence-electron chi connectivity index (χ1n) is 7.70. The highest BCUT2D eigenvalue weighted by molar-refractivity contribution is 7.99. The van der Waals surface area contributed by atoms with Crippen molar-refractivity contribution in [2.45, 2.75) is 49.6 Å². The third-order valence-corrected chi connectivity index (χ3v) is 4.74. The van der Waals surface area contributed by atoms with Gasteiger partial charge in [0, 0.05) is 19.8 Å². The van der Waals surface area contributed by atoms with E-state index in [4.69, 9.17) is 9.47 Å². The number of amides is 1. The lowest BCUT2D eigenvalue weighted by Crippen LogP contribution is -2.33. The summed E-state index contributed by atoms with van der Waals surface area (Å²) in [5.74, 6) is 0.283. The molecule has 1 aromatic heterocycles. The van der Waals surface area contributed by atoms with E-state index in [2.05, 4.69) is 20.8 Å². The van der Waals surface area contributed by atoms with Crippen molar-refractivity contribution in [1.82, 2.24) is 25.5 Å². The van der Waals surface area contributed by atoms with Crippen LogP contribution in [-0.4, -0.2) is 63.8 Å². The normalized spacial score (nSPS) is 24.7. The van der Waals surface area contributed by atoms with Crippen LogP contribution in [0.15, 0.2) is 5.16 Å². The summed E-state index contributed by atoms with van der Waals surface area (Å²) in [6.07, 6.45) is 4.56. The number of carbonyl (C=O) groups excluding carboxylic acids is 1. The Balaban J connectivity index is 1.40. The van der Waals surface area contributed by atoms with Crippen LogP contribution in [0.5, 0.6) is 0 Å². The van der Waals surface area contributed by atoms with E-state index in [9.17, 15) is 4.79 Å². The van der Waals surface area contributed by atoms with Crippen molar-refractivity contribution in [3.8, 4) is 0 Å². The van der Waals surface area contributed by atoms with Gasteiger partial charge in [-0.15, -0.1) is 5.10 Å². The molecule has 0 aliphatic carbocycles. The molecule has 0 unspecified atom stereocenters. The molecule has 8 nitrogen and oxygen atoms in total. The standard InChI is InChI=1S/C13H21N5O3S/c19-12(14-7-10-3-1-5-20-10)9-22-13-15-16-17-18(13)8-11-4-2-6-21-11/h10-11H,1-9H2,(H,14,19)/t10-,11+/m1/s1. The summed E-state index contributed by atoms with van der Waals surface area (Å²) in [6, 6.07) is 0. The molecular formula is C13H21N5O3S. The lowest BCUT2D eigenvalue weighted by Gasteiger charge is -2.11. The zero-order chi connectivity index (χ0) is 15.2. The van der Waals surface area contributed by atoms with Crippen LogP contribution in [0.25, 0.3) is 0 Å². The fourth-order valence-corrected chi connectivity index (χ4v) is 3.33. The quantitative estimate of drug-likeness (QED) is 0.717. The molecule has 0 radical (unpaired) electrons. The minimum absolute atomic E-state index is 0.0211. The van der Waals surface area contributed by atoms with Gasteiger partial charge in [-0.2, -0.15) is 0 Å². The van der Waals surface area contributed by atoms with Gasteiger partial charge in [-0.1, -0.05) is 11.8 Å². The van der Waals surface area contributed by atoms with Crippen molar-refractivity contribution >= 4 is 17.7 Å². The van der Waals surface area contributed by atoms with E-state index >= 15 is 0 Å². The Morgan fingerprint density at radius 2 is 2.05 bits per heavy atom. The number of carbonyl (C=O) groups is 1. The summed E-state index contributed by atoms with van der Waals surface area (Å²) < 4.78 is 12.8. The third kappa shape index (κ3) is 4.40. The average Bonchev–Trinajstić information content (AvgIpc) is 3.26. The number of hydrogen-bond acceptors (Lipinski definition) is 7. The number of ether oxygens (including phenoxy) is 2. The average molecular weight is 327 g/mol. The summed E-state index contributed by atoms with van der Waals surface area (Å²) in [7, 11) is 0. The summed E-state index contributed by atoms with van der Waals surface area (Å²) in [6.45, 7) is 2.83. The summed E-state index contributed by atoms with van der Waals surface area (Å²) in [4.78, 5) is 11.9. The molecule has 0 spiro atoms. The van der Waals surface area contributed by atoms with E-state index in [1.54, 1.807) is 4.68 Å². The van der Waals surface area contributed by atoms with Crippen molar-refractivity contribution in [1.29, 1.82) is 0 Å². The minimum atomic E-state index is -0.0211. The predicted molar refractivity (Wildman–Crippen MR) is 79.5 cm³/mol. The van der Waals surface area contributed by atoms with Crippen molar-refractivity contribution in [3.05, 3.63) is 0 Å². The second-order valence-electron chi connectivity index (χ2n) is 5.51. The SMILES string of the molecule is O=C(CSc1nnnn1C[C@@H]1CCCO1)NC[C@H]1CCCO1. The van der Waals surface area contributed by atoms with Gasteiger partial charge < -0.3 is 14.8 Å². The van der Waals surface area contributed by atoms with Crippen LogP contribution >= 0.6 is 11.8 Å². The summed E-state index contributed by atoms with van der Waals surface area (Å²) in [5.41, 5.74) is 0. The Bertz CT molecular complexity index is 486. The second-order valence-corrected chi connectivity index (χ2v) is 6.45. The number of rotatable bonds is 7. The lowest BCUT2D eigenvalue weighted by molar-refractivity contribution is -0.119. The van der Waals surface area contributed by atoms with Crippen molar-refractivity contribution in [2.75, 3.05) is 25.5 Å². The highest BCUT2D eigenvalue weighted by Gasteiger charge is 2.20. The van der Waals surface area contributed by atoms with Crippen LogP contribution in [-0.2, 0) is 20.8 Å². The van der Waals surface area contributed by atoms with Gasteiger partial charge in [0.25, 0.3) is 0 Å². The fraction of sp³-hybridized carbons (Fsp3) is 0.846. The van der Waals surface area contributed by atoms with Gasteiger partial charge >= 0.3 is 0 Å². The zero-order valence-electron chi connectivity index (χ0n) is 12.4. The van der Waals surface area contributed by atoms with Crippen LogP contribution in [0, 0.1) is 0 Å². The minimum Gasteiger partial charge on any atom is -0.376 e. The number of hydrogen-bond donors (Lipinski definition) is 1. The fourth-order valence-electron chi connectivity index (χ4n) is 2.61. The van der Waals surface area contributed by atoms with Crippen LogP contribution in [0.4, 0.5) is 0 Å². The number of nitrogens with one attached hydrogen (secondary N) is 1. The first-order chi connectivity index (χ1) is 10.8. The molecule has 0 aromatic carbocycles. The molecule has 2 atom stereocenters. The highest BCUT2D eigenvalue weighted by Crippen LogP contribution is 2.18.